The van der Waals surface area contributed by atoms with Gasteiger partial charge in [0.15, 0.2) is 5.69 Å². The van der Waals surface area contributed by atoms with Gasteiger partial charge in [0.25, 0.3) is 5.91 Å². The predicted octanol–water partition coefficient (Wildman–Crippen LogP) is -1.59. The van der Waals surface area contributed by atoms with E-state index in [-0.39, 0.29) is 18.9 Å². The molecular formula is C7H12N4O4. The van der Waals surface area contributed by atoms with E-state index in [1.165, 1.54) is 16.4 Å². The van der Waals surface area contributed by atoms with E-state index in [1.54, 1.807) is 0 Å². The molecule has 0 fully saturated rings. The molecule has 1 amide bonds. The molecule has 1 aromatic heterocycles. The van der Waals surface area contributed by atoms with Gasteiger partial charge in [0.1, 0.15) is 0 Å². The van der Waals surface area contributed by atoms with Crippen molar-refractivity contribution in [3.63, 3.8) is 0 Å². The quantitative estimate of drug-likeness (QED) is 0.300. The number of ether oxygens (including phenoxy) is 1. The van der Waals surface area contributed by atoms with Crippen LogP contribution in [-0.4, -0.2) is 51.0 Å². The number of aliphatic hydroxyl groups is 1. The molecular weight excluding hydrogens is 204 g/mol. The Morgan fingerprint density at radius 2 is 2.40 bits per heavy atom. The number of nitrogens with zero attached hydrogens (tertiary/aromatic N) is 3. The fourth-order valence-electron chi connectivity index (χ4n) is 0.894. The molecule has 0 aliphatic heterocycles. The zero-order chi connectivity index (χ0) is 11.1. The van der Waals surface area contributed by atoms with Crippen LogP contribution in [0.3, 0.4) is 0 Å². The third kappa shape index (κ3) is 3.62. The average molecular weight is 216 g/mol. The van der Waals surface area contributed by atoms with Crippen LogP contribution in [0.5, 0.6) is 0 Å². The van der Waals surface area contributed by atoms with Gasteiger partial charge in [-0.25, -0.2) is 10.2 Å². The van der Waals surface area contributed by atoms with Crippen LogP contribution < -0.4 is 5.48 Å². The summed E-state index contributed by atoms with van der Waals surface area (Å²) in [6.45, 7) is 1.02. The lowest BCUT2D eigenvalue weighted by Crippen LogP contribution is -2.18. The Morgan fingerprint density at radius 1 is 1.60 bits per heavy atom. The number of rotatable bonds is 6. The third-order valence-corrected chi connectivity index (χ3v) is 1.57. The van der Waals surface area contributed by atoms with Gasteiger partial charge in [0.2, 0.25) is 0 Å². The Morgan fingerprint density at radius 3 is 3.07 bits per heavy atom. The molecule has 0 aliphatic rings. The minimum Gasteiger partial charge on any atom is -0.394 e. The van der Waals surface area contributed by atoms with E-state index in [4.69, 9.17) is 15.1 Å². The second-order valence-electron chi connectivity index (χ2n) is 2.64. The molecule has 1 rings (SSSR count). The second-order valence-corrected chi connectivity index (χ2v) is 2.64. The molecule has 0 atom stereocenters. The zero-order valence-corrected chi connectivity index (χ0v) is 7.96. The number of carbonyl (C=O) groups excluding carboxylic acids is 1. The van der Waals surface area contributed by atoms with Crippen LogP contribution in [0, 0.1) is 0 Å². The minimum atomic E-state index is -0.711. The van der Waals surface area contributed by atoms with E-state index in [9.17, 15) is 4.79 Å². The highest BCUT2D eigenvalue weighted by molar-refractivity contribution is 5.90. The number of amides is 1. The van der Waals surface area contributed by atoms with Gasteiger partial charge in [-0.15, -0.1) is 5.10 Å². The van der Waals surface area contributed by atoms with Crippen molar-refractivity contribution in [2.75, 3.05) is 19.8 Å². The van der Waals surface area contributed by atoms with Gasteiger partial charge in [-0.3, -0.25) is 10.0 Å². The minimum absolute atomic E-state index is 0.0275. The lowest BCUT2D eigenvalue weighted by molar-refractivity contribution is 0.0700. The second kappa shape index (κ2) is 6.06. The van der Waals surface area contributed by atoms with E-state index in [2.05, 4.69) is 10.3 Å². The van der Waals surface area contributed by atoms with E-state index in [1.807, 2.05) is 0 Å². The Kier molecular flexibility index (Phi) is 4.68. The standard InChI is InChI=1S/C7H12N4O4/c12-2-4-15-3-1-11-5-6(8-10-11)7(13)9-14/h5,12,14H,1-4H2,(H,9,13). The zero-order valence-electron chi connectivity index (χ0n) is 7.96. The van der Waals surface area contributed by atoms with Crippen molar-refractivity contribution < 1.29 is 19.8 Å². The molecule has 0 unspecified atom stereocenters. The molecule has 1 aromatic rings. The number of aliphatic hydroxyl groups excluding tert-OH is 1. The highest BCUT2D eigenvalue weighted by atomic mass is 16.5. The summed E-state index contributed by atoms with van der Waals surface area (Å²) >= 11 is 0. The Balaban J connectivity index is 2.36. The smallest absolute Gasteiger partial charge is 0.296 e. The van der Waals surface area contributed by atoms with Crippen LogP contribution in [0.25, 0.3) is 0 Å². The van der Waals surface area contributed by atoms with Crippen molar-refractivity contribution in [2.24, 2.45) is 0 Å². The molecule has 0 saturated carbocycles. The van der Waals surface area contributed by atoms with Crippen LogP contribution in [0.2, 0.25) is 0 Å². The number of hydrogen-bond donors (Lipinski definition) is 3. The summed E-state index contributed by atoms with van der Waals surface area (Å²) < 4.78 is 6.40. The molecule has 15 heavy (non-hydrogen) atoms. The molecule has 1 heterocycles. The monoisotopic (exact) mass is 216 g/mol. The summed E-state index contributed by atoms with van der Waals surface area (Å²) in [4.78, 5) is 10.9. The topological polar surface area (TPSA) is 110 Å². The SMILES string of the molecule is O=C(NO)c1cn(CCOCCO)nn1. The Bertz CT molecular complexity index is 314. The molecule has 0 saturated heterocycles. The first-order valence-corrected chi connectivity index (χ1v) is 4.31. The fraction of sp³-hybridized carbons (Fsp3) is 0.571. The number of hydrogen-bond acceptors (Lipinski definition) is 6. The van der Waals surface area contributed by atoms with E-state index < -0.39 is 5.91 Å². The van der Waals surface area contributed by atoms with Crippen molar-refractivity contribution in [3.8, 4) is 0 Å². The fourth-order valence-corrected chi connectivity index (χ4v) is 0.894. The first-order valence-electron chi connectivity index (χ1n) is 4.31. The third-order valence-electron chi connectivity index (χ3n) is 1.57. The highest BCUT2D eigenvalue weighted by Crippen LogP contribution is 1.92. The van der Waals surface area contributed by atoms with Gasteiger partial charge in [0.05, 0.1) is 32.6 Å². The Labute approximate surface area is 85.4 Å². The van der Waals surface area contributed by atoms with Gasteiger partial charge >= 0.3 is 0 Å². The summed E-state index contributed by atoms with van der Waals surface area (Å²) in [5.41, 5.74) is 1.48. The highest BCUT2D eigenvalue weighted by Gasteiger charge is 2.08. The van der Waals surface area contributed by atoms with Crippen molar-refractivity contribution in [3.05, 3.63) is 11.9 Å². The van der Waals surface area contributed by atoms with Crippen LogP contribution in [-0.2, 0) is 11.3 Å². The predicted molar refractivity (Wildman–Crippen MR) is 47.2 cm³/mol. The maximum absolute atomic E-state index is 10.9. The number of hydroxylamine groups is 1. The van der Waals surface area contributed by atoms with E-state index >= 15 is 0 Å². The van der Waals surface area contributed by atoms with Crippen LogP contribution in [0.15, 0.2) is 6.20 Å². The van der Waals surface area contributed by atoms with Gasteiger partial charge < -0.3 is 9.84 Å². The molecule has 0 aliphatic carbocycles. The summed E-state index contributed by atoms with van der Waals surface area (Å²) in [7, 11) is 0. The number of carbonyl (C=O) groups is 1. The van der Waals surface area contributed by atoms with Crippen molar-refractivity contribution in [1.29, 1.82) is 0 Å². The van der Waals surface area contributed by atoms with Crippen molar-refractivity contribution in [1.82, 2.24) is 20.5 Å². The van der Waals surface area contributed by atoms with E-state index in [0.29, 0.717) is 13.2 Å². The number of nitrogens with one attached hydrogen (secondary N) is 1. The van der Waals surface area contributed by atoms with Crippen LogP contribution >= 0.6 is 0 Å². The number of aromatic nitrogens is 3. The Hall–Kier alpha value is -1.51. The van der Waals surface area contributed by atoms with Crippen molar-refractivity contribution >= 4 is 5.91 Å². The summed E-state index contributed by atoms with van der Waals surface area (Å²) in [5.74, 6) is -0.711. The summed E-state index contributed by atoms with van der Waals surface area (Å²) in [6, 6.07) is 0. The molecule has 0 bridgehead atoms. The van der Waals surface area contributed by atoms with E-state index in [0.717, 1.165) is 0 Å². The first-order chi connectivity index (χ1) is 7.27. The maximum Gasteiger partial charge on any atom is 0.296 e. The van der Waals surface area contributed by atoms with Crippen molar-refractivity contribution in [2.45, 2.75) is 6.54 Å². The molecule has 8 nitrogen and oxygen atoms in total. The molecule has 8 heteroatoms. The van der Waals surface area contributed by atoms with Crippen LogP contribution in [0.1, 0.15) is 10.5 Å². The lowest BCUT2D eigenvalue weighted by Gasteiger charge is -2.00. The largest absolute Gasteiger partial charge is 0.394 e. The molecule has 0 spiro atoms. The van der Waals surface area contributed by atoms with Gasteiger partial charge in [-0.2, -0.15) is 0 Å². The van der Waals surface area contributed by atoms with Gasteiger partial charge in [-0.05, 0) is 0 Å². The summed E-state index contributed by atoms with van der Waals surface area (Å²) in [6.07, 6.45) is 1.38. The average Bonchev–Trinajstić information content (AvgIpc) is 2.72. The first kappa shape index (κ1) is 11.6. The molecule has 0 aromatic carbocycles. The lowest BCUT2D eigenvalue weighted by atomic mass is 10.5. The molecule has 3 N–H and O–H groups in total. The van der Waals surface area contributed by atoms with Gasteiger partial charge in [-0.1, -0.05) is 5.21 Å². The maximum atomic E-state index is 10.9. The normalized spacial score (nSPS) is 10.3. The van der Waals surface area contributed by atoms with Crippen LogP contribution in [0.4, 0.5) is 0 Å². The van der Waals surface area contributed by atoms with Gasteiger partial charge in [0, 0.05) is 0 Å². The molecule has 84 valence electrons. The molecule has 0 radical (unpaired) electrons. The summed E-state index contributed by atoms with van der Waals surface area (Å²) in [5, 5.41) is 23.9.